The Balaban J connectivity index is 1.31. The molecule has 0 fully saturated rings. The number of carbonyl (C=O) groups is 1. The van der Waals surface area contributed by atoms with Crippen LogP contribution in [0, 0.1) is 13.8 Å². The van der Waals surface area contributed by atoms with E-state index in [-0.39, 0.29) is 16.6 Å². The summed E-state index contributed by atoms with van der Waals surface area (Å²) >= 11 is 5.30. The molecule has 0 unspecified atom stereocenters. The Bertz CT molecular complexity index is 1590. The second-order valence-electron chi connectivity index (χ2n) is 8.86. The number of anilines is 2. The molecule has 3 N–H and O–H groups in total. The van der Waals surface area contributed by atoms with Crippen LogP contribution in [0.15, 0.2) is 102 Å². The molecule has 0 radical (unpaired) electrons. The van der Waals surface area contributed by atoms with Gasteiger partial charge in [0, 0.05) is 5.69 Å². The van der Waals surface area contributed by atoms with Crippen LogP contribution in [0.1, 0.15) is 21.5 Å². The Morgan fingerprint density at radius 3 is 2.23 bits per heavy atom. The average molecular weight is 576 g/mol. The van der Waals surface area contributed by atoms with Crippen LogP contribution in [0.25, 0.3) is 0 Å². The minimum Gasteiger partial charge on any atom is -0.490 e. The van der Waals surface area contributed by atoms with E-state index in [4.69, 9.17) is 21.7 Å². The molecule has 1 amide bonds. The third-order valence-corrected chi connectivity index (χ3v) is 7.35. The van der Waals surface area contributed by atoms with Crippen LogP contribution in [0.2, 0.25) is 0 Å². The zero-order chi connectivity index (χ0) is 28.5. The predicted molar refractivity (Wildman–Crippen MR) is 161 cm³/mol. The predicted octanol–water partition coefficient (Wildman–Crippen LogP) is 5.69. The summed E-state index contributed by atoms with van der Waals surface area (Å²) in [6.07, 6.45) is 0. The fraction of sp³-hybridized carbons (Fsp3) is 0.133. The van der Waals surface area contributed by atoms with Gasteiger partial charge in [-0.1, -0.05) is 48.0 Å². The molecule has 0 saturated heterocycles. The molecule has 0 saturated carbocycles. The first-order valence-electron chi connectivity index (χ1n) is 12.4. The first-order valence-corrected chi connectivity index (χ1v) is 14.3. The van der Waals surface area contributed by atoms with Crippen molar-refractivity contribution in [3.63, 3.8) is 0 Å². The maximum atomic E-state index is 12.9. The molecule has 0 atom stereocenters. The van der Waals surface area contributed by atoms with E-state index in [0.717, 1.165) is 16.9 Å². The van der Waals surface area contributed by atoms with Gasteiger partial charge in [0.15, 0.2) is 5.11 Å². The second kappa shape index (κ2) is 13.1. The van der Waals surface area contributed by atoms with Crippen LogP contribution in [0.4, 0.5) is 11.4 Å². The smallest absolute Gasteiger partial charge is 0.261 e. The molecule has 206 valence electrons. The minimum atomic E-state index is -3.78. The highest BCUT2D eigenvalue weighted by molar-refractivity contribution is 7.92. The number of carbonyl (C=O) groups excluding carboxylic acids is 1. The SMILES string of the molecule is Cc1ccc(NS(=O)(=O)c2ccc(NC(=S)NC(=O)c3ccccc3OCCOc3ccccc3)cc2)c(C)c1. The lowest BCUT2D eigenvalue weighted by atomic mass is 10.1. The monoisotopic (exact) mass is 575 g/mol. The van der Waals surface area contributed by atoms with Crippen molar-refractivity contribution >= 4 is 44.6 Å². The van der Waals surface area contributed by atoms with Gasteiger partial charge in [-0.15, -0.1) is 0 Å². The van der Waals surface area contributed by atoms with Gasteiger partial charge in [-0.3, -0.25) is 14.8 Å². The molecule has 0 aliphatic carbocycles. The van der Waals surface area contributed by atoms with Crippen molar-refractivity contribution in [2.45, 2.75) is 18.7 Å². The van der Waals surface area contributed by atoms with E-state index in [9.17, 15) is 13.2 Å². The molecular formula is C30H29N3O5S2. The molecule has 40 heavy (non-hydrogen) atoms. The summed E-state index contributed by atoms with van der Waals surface area (Å²) in [5.41, 5.74) is 3.21. The molecule has 0 aliphatic rings. The van der Waals surface area contributed by atoms with E-state index in [1.807, 2.05) is 56.3 Å². The van der Waals surface area contributed by atoms with Crippen molar-refractivity contribution in [1.29, 1.82) is 0 Å². The third kappa shape index (κ3) is 7.81. The Morgan fingerprint density at radius 1 is 0.825 bits per heavy atom. The molecule has 0 spiro atoms. The fourth-order valence-corrected chi connectivity index (χ4v) is 5.13. The molecule has 4 aromatic rings. The van der Waals surface area contributed by atoms with Gasteiger partial charge >= 0.3 is 0 Å². The molecule has 4 rings (SSSR count). The number of ether oxygens (including phenoxy) is 2. The Hall–Kier alpha value is -4.41. The summed E-state index contributed by atoms with van der Waals surface area (Å²) in [5, 5.41) is 5.58. The van der Waals surface area contributed by atoms with Gasteiger partial charge in [0.1, 0.15) is 24.7 Å². The Labute approximate surface area is 239 Å². The molecule has 4 aromatic carbocycles. The largest absolute Gasteiger partial charge is 0.490 e. The van der Waals surface area contributed by atoms with Crippen LogP contribution in [0.3, 0.4) is 0 Å². The van der Waals surface area contributed by atoms with E-state index in [1.54, 1.807) is 42.5 Å². The van der Waals surface area contributed by atoms with Gasteiger partial charge in [-0.25, -0.2) is 8.42 Å². The molecule has 0 aliphatic heterocycles. The second-order valence-corrected chi connectivity index (χ2v) is 11.0. The zero-order valence-corrected chi connectivity index (χ0v) is 23.6. The van der Waals surface area contributed by atoms with E-state index in [1.165, 1.54) is 12.1 Å². The van der Waals surface area contributed by atoms with Gasteiger partial charge in [0.2, 0.25) is 0 Å². The molecule has 0 aromatic heterocycles. The number of para-hydroxylation sites is 2. The van der Waals surface area contributed by atoms with Crippen LogP contribution in [-0.2, 0) is 10.0 Å². The fourth-order valence-electron chi connectivity index (χ4n) is 3.79. The van der Waals surface area contributed by atoms with Crippen molar-refractivity contribution < 1.29 is 22.7 Å². The summed E-state index contributed by atoms with van der Waals surface area (Å²) in [7, 11) is -3.78. The summed E-state index contributed by atoms with van der Waals surface area (Å²) in [6.45, 7) is 4.35. The third-order valence-electron chi connectivity index (χ3n) is 5.76. The summed E-state index contributed by atoms with van der Waals surface area (Å²) in [6, 6.07) is 27.7. The molecular weight excluding hydrogens is 546 g/mol. The number of amides is 1. The standard InChI is InChI=1S/C30H29N3O5S2/c1-21-12-17-27(22(2)20-21)33-40(35,36)25-15-13-23(14-16-25)31-30(39)32-29(34)26-10-6-7-11-28(26)38-19-18-37-24-8-4-3-5-9-24/h3-17,20,33H,18-19H2,1-2H3,(H2,31,32,34,39). The van der Waals surface area contributed by atoms with Crippen molar-refractivity contribution in [3.8, 4) is 11.5 Å². The van der Waals surface area contributed by atoms with Crippen LogP contribution < -0.4 is 24.8 Å². The quantitative estimate of drug-likeness (QED) is 0.165. The first-order chi connectivity index (χ1) is 19.2. The maximum absolute atomic E-state index is 12.9. The summed E-state index contributed by atoms with van der Waals surface area (Å²) in [4.78, 5) is 13.0. The van der Waals surface area contributed by atoms with Crippen LogP contribution in [0.5, 0.6) is 11.5 Å². The first kappa shape index (κ1) is 28.6. The van der Waals surface area contributed by atoms with E-state index in [2.05, 4.69) is 15.4 Å². The number of thiocarbonyl (C=S) groups is 1. The highest BCUT2D eigenvalue weighted by Crippen LogP contribution is 2.22. The number of benzene rings is 4. The average Bonchev–Trinajstić information content (AvgIpc) is 2.93. The van der Waals surface area contributed by atoms with Crippen molar-refractivity contribution in [1.82, 2.24) is 5.32 Å². The maximum Gasteiger partial charge on any atom is 0.261 e. The molecule has 0 heterocycles. The number of hydrogen-bond acceptors (Lipinski definition) is 6. The molecule has 8 nitrogen and oxygen atoms in total. The highest BCUT2D eigenvalue weighted by atomic mass is 32.2. The van der Waals surface area contributed by atoms with E-state index in [0.29, 0.717) is 29.3 Å². The summed E-state index contributed by atoms with van der Waals surface area (Å²) in [5.74, 6) is 0.677. The number of sulfonamides is 1. The number of aryl methyl sites for hydroxylation is 2. The summed E-state index contributed by atoms with van der Waals surface area (Å²) < 4.78 is 39.7. The number of rotatable bonds is 10. The van der Waals surface area contributed by atoms with Crippen LogP contribution in [-0.4, -0.2) is 32.7 Å². The highest BCUT2D eigenvalue weighted by Gasteiger charge is 2.17. The lowest BCUT2D eigenvalue weighted by Crippen LogP contribution is -2.34. The Kier molecular flexibility index (Phi) is 9.36. The topological polar surface area (TPSA) is 106 Å². The normalized spacial score (nSPS) is 10.8. The van der Waals surface area contributed by atoms with E-state index < -0.39 is 15.9 Å². The van der Waals surface area contributed by atoms with Gasteiger partial charge in [-0.2, -0.15) is 0 Å². The minimum absolute atomic E-state index is 0.0521. The molecule has 0 bridgehead atoms. The number of hydrogen-bond donors (Lipinski definition) is 3. The van der Waals surface area contributed by atoms with E-state index >= 15 is 0 Å². The lowest BCUT2D eigenvalue weighted by molar-refractivity contribution is 0.0972. The van der Waals surface area contributed by atoms with Gasteiger partial charge in [-0.05, 0) is 86.2 Å². The van der Waals surface area contributed by atoms with Crippen molar-refractivity contribution in [2.24, 2.45) is 0 Å². The van der Waals surface area contributed by atoms with Gasteiger partial charge < -0.3 is 14.8 Å². The van der Waals surface area contributed by atoms with Gasteiger partial charge in [0.25, 0.3) is 15.9 Å². The molecule has 10 heteroatoms. The lowest BCUT2D eigenvalue weighted by Gasteiger charge is -2.14. The zero-order valence-electron chi connectivity index (χ0n) is 22.0. The van der Waals surface area contributed by atoms with Crippen LogP contribution >= 0.6 is 12.2 Å². The van der Waals surface area contributed by atoms with Crippen molar-refractivity contribution in [2.75, 3.05) is 23.3 Å². The van der Waals surface area contributed by atoms with Crippen molar-refractivity contribution in [3.05, 3.63) is 114 Å². The van der Waals surface area contributed by atoms with Gasteiger partial charge in [0.05, 0.1) is 16.1 Å². The Morgan fingerprint density at radius 2 is 1.50 bits per heavy atom. The number of nitrogens with one attached hydrogen (secondary N) is 3.